The molecule has 0 radical (unpaired) electrons. The smallest absolute Gasteiger partial charge is 0.0207 e. The number of hydrogen-bond donors (Lipinski definition) is 1. The van der Waals surface area contributed by atoms with Crippen molar-refractivity contribution in [3.8, 4) is 0 Å². The standard InChI is InChI=1S/C14H16BrNS/c15-14-6-2-1-4-11(14)10-12(16)7-8-13-5-3-9-17-13/h1-6,9,12H,7-8,10,16H2. The van der Waals surface area contributed by atoms with Gasteiger partial charge in [0.1, 0.15) is 0 Å². The van der Waals surface area contributed by atoms with Crippen LogP contribution in [0, 0.1) is 0 Å². The minimum Gasteiger partial charge on any atom is -0.327 e. The molecule has 1 atom stereocenters. The first-order chi connectivity index (χ1) is 8.25. The number of rotatable bonds is 5. The van der Waals surface area contributed by atoms with Crippen molar-refractivity contribution in [2.75, 3.05) is 0 Å². The van der Waals surface area contributed by atoms with Crippen molar-refractivity contribution in [2.24, 2.45) is 5.73 Å². The maximum Gasteiger partial charge on any atom is 0.0207 e. The molecule has 0 fully saturated rings. The van der Waals surface area contributed by atoms with Crippen LogP contribution >= 0.6 is 27.3 Å². The van der Waals surface area contributed by atoms with Crippen LogP contribution in [-0.4, -0.2) is 6.04 Å². The molecular formula is C14H16BrNS. The Bertz CT molecular complexity index is 453. The number of halogens is 1. The van der Waals surface area contributed by atoms with E-state index in [1.54, 1.807) is 0 Å². The van der Waals surface area contributed by atoms with Gasteiger partial charge < -0.3 is 5.73 Å². The van der Waals surface area contributed by atoms with E-state index >= 15 is 0 Å². The normalized spacial score (nSPS) is 12.6. The van der Waals surface area contributed by atoms with Crippen molar-refractivity contribution >= 4 is 27.3 Å². The first-order valence-corrected chi connectivity index (χ1v) is 7.44. The summed E-state index contributed by atoms with van der Waals surface area (Å²) in [6.07, 6.45) is 3.07. The van der Waals surface area contributed by atoms with E-state index in [-0.39, 0.29) is 6.04 Å². The van der Waals surface area contributed by atoms with Crippen LogP contribution in [0.1, 0.15) is 16.9 Å². The van der Waals surface area contributed by atoms with E-state index in [4.69, 9.17) is 5.73 Å². The Labute approximate surface area is 115 Å². The highest BCUT2D eigenvalue weighted by Crippen LogP contribution is 2.19. The van der Waals surface area contributed by atoms with Crippen molar-refractivity contribution in [3.63, 3.8) is 0 Å². The van der Waals surface area contributed by atoms with Crippen molar-refractivity contribution in [2.45, 2.75) is 25.3 Å². The van der Waals surface area contributed by atoms with Gasteiger partial charge in [0.25, 0.3) is 0 Å². The Morgan fingerprint density at radius 2 is 2.00 bits per heavy atom. The second-order valence-corrected chi connectivity index (χ2v) is 6.06. The fraction of sp³-hybridized carbons (Fsp3) is 0.286. The molecule has 1 aromatic carbocycles. The van der Waals surface area contributed by atoms with E-state index in [0.717, 1.165) is 23.7 Å². The predicted octanol–water partition coefficient (Wildman–Crippen LogP) is 4.01. The summed E-state index contributed by atoms with van der Waals surface area (Å²) in [7, 11) is 0. The highest BCUT2D eigenvalue weighted by Gasteiger charge is 2.07. The van der Waals surface area contributed by atoms with Gasteiger partial charge in [-0.1, -0.05) is 40.2 Å². The maximum absolute atomic E-state index is 6.17. The molecule has 1 unspecified atom stereocenters. The maximum atomic E-state index is 6.17. The Morgan fingerprint density at radius 1 is 1.18 bits per heavy atom. The van der Waals surface area contributed by atoms with Crippen LogP contribution in [0.15, 0.2) is 46.3 Å². The van der Waals surface area contributed by atoms with Gasteiger partial charge in [0, 0.05) is 15.4 Å². The van der Waals surface area contributed by atoms with E-state index in [2.05, 4.69) is 51.6 Å². The minimum atomic E-state index is 0.232. The van der Waals surface area contributed by atoms with Crippen LogP contribution in [0.3, 0.4) is 0 Å². The Morgan fingerprint density at radius 3 is 2.71 bits per heavy atom. The van der Waals surface area contributed by atoms with Gasteiger partial charge in [0.15, 0.2) is 0 Å². The number of hydrogen-bond acceptors (Lipinski definition) is 2. The van der Waals surface area contributed by atoms with Crippen LogP contribution in [0.5, 0.6) is 0 Å². The molecule has 0 aliphatic carbocycles. The average Bonchev–Trinajstić information content (AvgIpc) is 2.82. The SMILES string of the molecule is NC(CCc1cccs1)Cc1ccccc1Br. The van der Waals surface area contributed by atoms with Gasteiger partial charge in [-0.3, -0.25) is 0 Å². The molecular weight excluding hydrogens is 294 g/mol. The molecule has 0 bridgehead atoms. The number of nitrogens with two attached hydrogens (primary N) is 1. The second-order valence-electron chi connectivity index (χ2n) is 4.17. The van der Waals surface area contributed by atoms with Gasteiger partial charge in [0.2, 0.25) is 0 Å². The topological polar surface area (TPSA) is 26.0 Å². The summed E-state index contributed by atoms with van der Waals surface area (Å²) in [5, 5.41) is 2.12. The molecule has 2 rings (SSSR count). The highest BCUT2D eigenvalue weighted by atomic mass is 79.9. The zero-order valence-corrected chi connectivity index (χ0v) is 12.0. The molecule has 0 aliphatic rings. The zero-order chi connectivity index (χ0) is 12.1. The summed E-state index contributed by atoms with van der Waals surface area (Å²) in [6, 6.07) is 12.8. The van der Waals surface area contributed by atoms with E-state index in [9.17, 15) is 0 Å². The molecule has 17 heavy (non-hydrogen) atoms. The Hall–Kier alpha value is -0.640. The second kappa shape index (κ2) is 6.34. The monoisotopic (exact) mass is 309 g/mol. The van der Waals surface area contributed by atoms with Gasteiger partial charge >= 0.3 is 0 Å². The fourth-order valence-electron chi connectivity index (χ4n) is 1.83. The molecule has 2 N–H and O–H groups in total. The molecule has 3 heteroatoms. The lowest BCUT2D eigenvalue weighted by Gasteiger charge is -2.12. The number of aryl methyl sites for hydroxylation is 1. The summed E-state index contributed by atoms with van der Waals surface area (Å²) < 4.78 is 1.16. The largest absolute Gasteiger partial charge is 0.327 e. The summed E-state index contributed by atoms with van der Waals surface area (Å²) >= 11 is 5.37. The summed E-state index contributed by atoms with van der Waals surface area (Å²) in [4.78, 5) is 1.42. The lowest BCUT2D eigenvalue weighted by atomic mass is 10.0. The fourth-order valence-corrected chi connectivity index (χ4v) is 3.00. The van der Waals surface area contributed by atoms with Gasteiger partial charge in [-0.2, -0.15) is 0 Å². The van der Waals surface area contributed by atoms with Crippen molar-refractivity contribution in [1.29, 1.82) is 0 Å². The van der Waals surface area contributed by atoms with E-state index in [1.807, 2.05) is 17.4 Å². The van der Waals surface area contributed by atoms with Crippen LogP contribution in [0.25, 0.3) is 0 Å². The lowest BCUT2D eigenvalue weighted by Crippen LogP contribution is -2.23. The molecule has 1 aromatic heterocycles. The summed E-state index contributed by atoms with van der Waals surface area (Å²) in [6.45, 7) is 0. The third-order valence-electron chi connectivity index (χ3n) is 2.78. The van der Waals surface area contributed by atoms with Crippen LogP contribution < -0.4 is 5.73 Å². The highest BCUT2D eigenvalue weighted by molar-refractivity contribution is 9.10. The van der Waals surface area contributed by atoms with E-state index in [0.29, 0.717) is 0 Å². The van der Waals surface area contributed by atoms with Crippen molar-refractivity contribution in [1.82, 2.24) is 0 Å². The van der Waals surface area contributed by atoms with E-state index in [1.165, 1.54) is 10.4 Å². The molecule has 2 aromatic rings. The first kappa shape index (κ1) is 12.8. The number of thiophene rings is 1. The Kier molecular flexibility index (Phi) is 4.77. The van der Waals surface area contributed by atoms with Crippen LogP contribution in [0.2, 0.25) is 0 Å². The molecule has 1 heterocycles. The minimum absolute atomic E-state index is 0.232. The molecule has 1 nitrogen and oxygen atoms in total. The van der Waals surface area contributed by atoms with Crippen LogP contribution in [-0.2, 0) is 12.8 Å². The predicted molar refractivity (Wildman–Crippen MR) is 78.5 cm³/mol. The molecule has 0 saturated heterocycles. The molecule has 90 valence electrons. The van der Waals surface area contributed by atoms with Gasteiger partial charge in [-0.05, 0) is 42.3 Å². The first-order valence-electron chi connectivity index (χ1n) is 5.77. The van der Waals surface area contributed by atoms with Gasteiger partial charge in [-0.25, -0.2) is 0 Å². The average molecular weight is 310 g/mol. The third kappa shape index (κ3) is 3.95. The van der Waals surface area contributed by atoms with Crippen molar-refractivity contribution in [3.05, 3.63) is 56.7 Å². The molecule has 0 aliphatic heterocycles. The zero-order valence-electron chi connectivity index (χ0n) is 9.60. The third-order valence-corrected chi connectivity index (χ3v) is 4.49. The molecule has 0 saturated carbocycles. The Balaban J connectivity index is 1.85. The summed E-state index contributed by atoms with van der Waals surface area (Å²) in [5.74, 6) is 0. The number of benzene rings is 1. The van der Waals surface area contributed by atoms with E-state index < -0.39 is 0 Å². The van der Waals surface area contributed by atoms with Crippen LogP contribution in [0.4, 0.5) is 0 Å². The summed E-state index contributed by atoms with van der Waals surface area (Å²) in [5.41, 5.74) is 7.47. The van der Waals surface area contributed by atoms with Gasteiger partial charge in [0.05, 0.1) is 0 Å². The van der Waals surface area contributed by atoms with Crippen molar-refractivity contribution < 1.29 is 0 Å². The molecule has 0 spiro atoms. The lowest BCUT2D eigenvalue weighted by molar-refractivity contribution is 0.612. The molecule has 0 amide bonds. The quantitative estimate of drug-likeness (QED) is 0.887. The van der Waals surface area contributed by atoms with Gasteiger partial charge in [-0.15, -0.1) is 11.3 Å².